The molecule has 7 heteroatoms. The van der Waals surface area contributed by atoms with Crippen molar-refractivity contribution < 1.29 is 22.7 Å². The fourth-order valence-electron chi connectivity index (χ4n) is 4.10. The maximum atomic E-state index is 14.0. The monoisotopic (exact) mass is 527 g/mol. The first kappa shape index (κ1) is 27.0. The summed E-state index contributed by atoms with van der Waals surface area (Å²) in [6, 6.07) is 32.2. The van der Waals surface area contributed by atoms with Crippen molar-refractivity contribution in [1.82, 2.24) is 4.31 Å². The van der Waals surface area contributed by atoms with Crippen LogP contribution in [0.5, 0.6) is 0 Å². The molecule has 38 heavy (non-hydrogen) atoms. The molecule has 0 aromatic heterocycles. The van der Waals surface area contributed by atoms with E-state index in [2.05, 4.69) is 0 Å². The predicted octanol–water partition coefficient (Wildman–Crippen LogP) is 5.74. The second kappa shape index (κ2) is 12.4. The van der Waals surface area contributed by atoms with E-state index in [-0.39, 0.29) is 23.7 Å². The van der Waals surface area contributed by atoms with Gasteiger partial charge in [0, 0.05) is 12.0 Å². The van der Waals surface area contributed by atoms with Crippen molar-refractivity contribution >= 4 is 21.8 Å². The second-order valence-electron chi connectivity index (χ2n) is 8.93. The highest BCUT2D eigenvalue weighted by atomic mass is 32.2. The quantitative estimate of drug-likeness (QED) is 0.183. The van der Waals surface area contributed by atoms with Gasteiger partial charge in [0.1, 0.15) is 13.2 Å². The molecule has 1 unspecified atom stereocenters. The highest BCUT2D eigenvalue weighted by Crippen LogP contribution is 2.32. The molecule has 0 aliphatic rings. The molecule has 0 radical (unpaired) electrons. The van der Waals surface area contributed by atoms with Crippen LogP contribution in [-0.2, 0) is 26.2 Å². The van der Waals surface area contributed by atoms with Crippen LogP contribution in [0, 0.1) is 6.92 Å². The van der Waals surface area contributed by atoms with Crippen molar-refractivity contribution in [3.63, 3.8) is 0 Å². The number of benzene rings is 4. The van der Waals surface area contributed by atoms with E-state index in [0.29, 0.717) is 11.1 Å². The van der Waals surface area contributed by atoms with E-state index in [9.17, 15) is 18.0 Å². The molecule has 4 aromatic carbocycles. The molecule has 0 amide bonds. The number of ether oxygens (including phenoxy) is 1. The Kier molecular flexibility index (Phi) is 8.84. The molecular formula is C31H29NO5S. The smallest absolute Gasteiger partial charge is 0.321 e. The van der Waals surface area contributed by atoms with Gasteiger partial charge in [0.2, 0.25) is 10.0 Å². The Hall–Kier alpha value is -4.07. The first-order valence-electron chi connectivity index (χ1n) is 12.3. The lowest BCUT2D eigenvalue weighted by Crippen LogP contribution is -2.40. The number of nitrogens with zero attached hydrogens (tertiary/aromatic N) is 1. The van der Waals surface area contributed by atoms with Crippen molar-refractivity contribution in [3.05, 3.63) is 138 Å². The molecule has 0 bridgehead atoms. The number of rotatable bonds is 11. The summed E-state index contributed by atoms with van der Waals surface area (Å²) in [6.45, 7) is 1.32. The summed E-state index contributed by atoms with van der Waals surface area (Å²) >= 11 is 0. The summed E-state index contributed by atoms with van der Waals surface area (Å²) in [5, 5.41) is 0. The van der Waals surface area contributed by atoms with Crippen molar-refractivity contribution in [2.24, 2.45) is 0 Å². The standard InChI is InChI=1S/C31H29NO5S/c1-24-17-19-28(20-18-24)38(35,36)32(22-31(34)37-23-25-11-5-2-6-12-25)29(26-13-7-3-8-14-26)21-30(33)27-15-9-4-10-16-27/h2-20,29H,21-23H2,1H3. The van der Waals surface area contributed by atoms with Gasteiger partial charge in [-0.05, 0) is 30.2 Å². The molecular weight excluding hydrogens is 498 g/mol. The molecule has 0 fully saturated rings. The van der Waals surface area contributed by atoms with Crippen LogP contribution in [0.25, 0.3) is 0 Å². The molecule has 4 aromatic rings. The number of carbonyl (C=O) groups excluding carboxylic acids is 2. The van der Waals surface area contributed by atoms with Gasteiger partial charge >= 0.3 is 5.97 Å². The third-order valence-corrected chi connectivity index (χ3v) is 8.03. The average Bonchev–Trinajstić information content (AvgIpc) is 2.95. The minimum atomic E-state index is -4.19. The Morgan fingerprint density at radius 1 is 0.763 bits per heavy atom. The summed E-state index contributed by atoms with van der Waals surface area (Å²) < 4.78 is 34.5. The number of ketones is 1. The fourth-order valence-corrected chi connectivity index (χ4v) is 5.66. The number of sulfonamides is 1. The SMILES string of the molecule is Cc1ccc(S(=O)(=O)N(CC(=O)OCc2ccccc2)C(CC(=O)c2ccccc2)c2ccccc2)cc1. The highest BCUT2D eigenvalue weighted by molar-refractivity contribution is 7.89. The van der Waals surface area contributed by atoms with E-state index in [1.807, 2.05) is 49.4 Å². The molecule has 1 atom stereocenters. The third kappa shape index (κ3) is 6.82. The van der Waals surface area contributed by atoms with Crippen LogP contribution < -0.4 is 0 Å². The van der Waals surface area contributed by atoms with Gasteiger partial charge in [0.15, 0.2) is 5.78 Å². The summed E-state index contributed by atoms with van der Waals surface area (Å²) in [7, 11) is -4.19. The molecule has 6 nitrogen and oxygen atoms in total. The first-order valence-corrected chi connectivity index (χ1v) is 13.7. The number of hydrogen-bond acceptors (Lipinski definition) is 5. The van der Waals surface area contributed by atoms with Crippen LogP contribution in [0.4, 0.5) is 0 Å². The van der Waals surface area contributed by atoms with E-state index in [1.54, 1.807) is 60.7 Å². The van der Waals surface area contributed by atoms with Crippen LogP contribution in [0.3, 0.4) is 0 Å². The van der Waals surface area contributed by atoms with Gasteiger partial charge in [-0.2, -0.15) is 4.31 Å². The zero-order valence-electron chi connectivity index (χ0n) is 21.1. The Bertz CT molecular complexity index is 1460. The van der Waals surface area contributed by atoms with Crippen LogP contribution in [0.1, 0.15) is 39.5 Å². The molecule has 0 aliphatic carbocycles. The molecule has 0 saturated carbocycles. The van der Waals surface area contributed by atoms with Crippen LogP contribution in [-0.4, -0.2) is 31.0 Å². The van der Waals surface area contributed by atoms with Gasteiger partial charge in [-0.3, -0.25) is 9.59 Å². The van der Waals surface area contributed by atoms with Crippen LogP contribution in [0.2, 0.25) is 0 Å². The van der Waals surface area contributed by atoms with Crippen LogP contribution >= 0.6 is 0 Å². The summed E-state index contributed by atoms with van der Waals surface area (Å²) in [6.07, 6.45) is -0.148. The molecule has 194 valence electrons. The minimum Gasteiger partial charge on any atom is -0.460 e. The zero-order chi connectivity index (χ0) is 27.0. The first-order chi connectivity index (χ1) is 18.3. The summed E-state index contributed by atoms with van der Waals surface area (Å²) in [4.78, 5) is 26.4. The highest BCUT2D eigenvalue weighted by Gasteiger charge is 2.36. The maximum Gasteiger partial charge on any atom is 0.321 e. The van der Waals surface area contributed by atoms with Crippen molar-refractivity contribution in [2.45, 2.75) is 30.9 Å². The van der Waals surface area contributed by atoms with E-state index in [0.717, 1.165) is 15.4 Å². The molecule has 0 saturated heterocycles. The minimum absolute atomic E-state index is 0.0110. The van der Waals surface area contributed by atoms with Crippen molar-refractivity contribution in [3.8, 4) is 0 Å². The summed E-state index contributed by atoms with van der Waals surface area (Å²) in [5.41, 5.74) is 2.75. The fraction of sp³-hybridized carbons (Fsp3) is 0.161. The number of Topliss-reactive ketones (excluding diaryl/α,β-unsaturated/α-hetero) is 1. The van der Waals surface area contributed by atoms with Crippen molar-refractivity contribution in [2.75, 3.05) is 6.54 Å². The third-order valence-electron chi connectivity index (χ3n) is 6.16. The Labute approximate surface area is 223 Å². The molecule has 0 N–H and O–H groups in total. The van der Waals surface area contributed by atoms with Gasteiger partial charge in [0.25, 0.3) is 0 Å². The van der Waals surface area contributed by atoms with Gasteiger partial charge in [0.05, 0.1) is 10.9 Å². The van der Waals surface area contributed by atoms with Gasteiger partial charge in [-0.1, -0.05) is 109 Å². The lowest BCUT2D eigenvalue weighted by atomic mass is 9.98. The topological polar surface area (TPSA) is 80.8 Å². The largest absolute Gasteiger partial charge is 0.460 e. The van der Waals surface area contributed by atoms with Gasteiger partial charge in [-0.15, -0.1) is 0 Å². The maximum absolute atomic E-state index is 14.0. The number of hydrogen-bond donors (Lipinski definition) is 0. The van der Waals surface area contributed by atoms with Gasteiger partial charge < -0.3 is 4.74 Å². The zero-order valence-corrected chi connectivity index (χ0v) is 21.9. The normalized spacial score (nSPS) is 12.2. The van der Waals surface area contributed by atoms with Crippen LogP contribution in [0.15, 0.2) is 120 Å². The lowest BCUT2D eigenvalue weighted by molar-refractivity contribution is -0.145. The number of aryl methyl sites for hydroxylation is 1. The molecule has 4 rings (SSSR count). The molecule has 0 heterocycles. The molecule has 0 spiro atoms. The Morgan fingerprint density at radius 3 is 1.92 bits per heavy atom. The average molecular weight is 528 g/mol. The van der Waals surface area contributed by atoms with E-state index in [4.69, 9.17) is 4.74 Å². The lowest BCUT2D eigenvalue weighted by Gasteiger charge is -2.30. The Balaban J connectivity index is 1.71. The number of carbonyl (C=O) groups is 2. The predicted molar refractivity (Wildman–Crippen MR) is 146 cm³/mol. The van der Waals surface area contributed by atoms with E-state index < -0.39 is 28.6 Å². The Morgan fingerprint density at radius 2 is 1.32 bits per heavy atom. The second-order valence-corrected chi connectivity index (χ2v) is 10.8. The summed E-state index contributed by atoms with van der Waals surface area (Å²) in [5.74, 6) is -0.946. The van der Waals surface area contributed by atoms with Gasteiger partial charge in [-0.25, -0.2) is 8.42 Å². The van der Waals surface area contributed by atoms with E-state index >= 15 is 0 Å². The van der Waals surface area contributed by atoms with Crippen molar-refractivity contribution in [1.29, 1.82) is 0 Å². The van der Waals surface area contributed by atoms with E-state index in [1.165, 1.54) is 12.1 Å². The molecule has 0 aliphatic heterocycles. The number of esters is 1.